The van der Waals surface area contributed by atoms with E-state index < -0.39 is 0 Å². The number of hydrogen-bond acceptors (Lipinski definition) is 3. The number of carbonyl (C=O) groups excluding carboxylic acids is 1. The zero-order valence-corrected chi connectivity index (χ0v) is 13.2. The Bertz CT molecular complexity index is 422. The van der Waals surface area contributed by atoms with Gasteiger partial charge >= 0.3 is 0 Å². The van der Waals surface area contributed by atoms with Gasteiger partial charge in [0.1, 0.15) is 0 Å². The van der Waals surface area contributed by atoms with Gasteiger partial charge in [-0.1, -0.05) is 18.2 Å². The van der Waals surface area contributed by atoms with Crippen LogP contribution in [0.5, 0.6) is 0 Å². The highest BCUT2D eigenvalue weighted by molar-refractivity contribution is 7.99. The number of rotatable bonds is 6. The van der Waals surface area contributed by atoms with Gasteiger partial charge < -0.3 is 5.32 Å². The molecule has 0 spiro atoms. The van der Waals surface area contributed by atoms with E-state index >= 15 is 0 Å². The van der Waals surface area contributed by atoms with Crippen LogP contribution in [-0.2, 0) is 4.79 Å². The van der Waals surface area contributed by atoms with Crippen LogP contribution in [-0.4, -0.2) is 42.2 Å². The molecule has 1 fully saturated rings. The molecular weight excluding hydrogens is 268 g/mol. The van der Waals surface area contributed by atoms with E-state index in [4.69, 9.17) is 0 Å². The summed E-state index contributed by atoms with van der Waals surface area (Å²) in [5, 5.41) is 2.96. The molecular formula is C16H24N2OS. The van der Waals surface area contributed by atoms with Crippen molar-refractivity contribution in [2.75, 3.05) is 25.4 Å². The minimum absolute atomic E-state index is 0.149. The van der Waals surface area contributed by atoms with E-state index in [0.717, 1.165) is 18.8 Å². The SMILES string of the molecule is CC(C)NC(=O)CN1CC[C@@H](CSc2ccccc2)C1. The van der Waals surface area contributed by atoms with Crippen LogP contribution in [0.25, 0.3) is 0 Å². The van der Waals surface area contributed by atoms with Crippen molar-refractivity contribution in [1.29, 1.82) is 0 Å². The number of hydrogen-bond donors (Lipinski definition) is 1. The van der Waals surface area contributed by atoms with Crippen molar-refractivity contribution in [2.24, 2.45) is 5.92 Å². The normalized spacial score (nSPS) is 19.4. The summed E-state index contributed by atoms with van der Waals surface area (Å²) < 4.78 is 0. The third kappa shape index (κ3) is 5.17. The number of nitrogens with one attached hydrogen (secondary N) is 1. The van der Waals surface area contributed by atoms with Crippen LogP contribution >= 0.6 is 11.8 Å². The van der Waals surface area contributed by atoms with Gasteiger partial charge in [0.2, 0.25) is 5.91 Å². The fourth-order valence-electron chi connectivity index (χ4n) is 2.49. The maximum absolute atomic E-state index is 11.7. The fraction of sp³-hybridized carbons (Fsp3) is 0.562. The summed E-state index contributed by atoms with van der Waals surface area (Å²) in [4.78, 5) is 15.3. The van der Waals surface area contributed by atoms with Gasteiger partial charge in [-0.05, 0) is 44.9 Å². The van der Waals surface area contributed by atoms with Gasteiger partial charge in [0.25, 0.3) is 0 Å². The van der Waals surface area contributed by atoms with Gasteiger partial charge in [-0.3, -0.25) is 9.69 Å². The van der Waals surface area contributed by atoms with Crippen molar-refractivity contribution in [1.82, 2.24) is 10.2 Å². The van der Waals surface area contributed by atoms with Crippen LogP contribution in [0.15, 0.2) is 35.2 Å². The smallest absolute Gasteiger partial charge is 0.234 e. The van der Waals surface area contributed by atoms with E-state index in [1.807, 2.05) is 25.6 Å². The average Bonchev–Trinajstić information content (AvgIpc) is 2.84. The predicted octanol–water partition coefficient (Wildman–Crippen LogP) is 2.63. The highest BCUT2D eigenvalue weighted by Gasteiger charge is 2.24. The van der Waals surface area contributed by atoms with Crippen molar-refractivity contribution in [3.05, 3.63) is 30.3 Å². The van der Waals surface area contributed by atoms with E-state index in [9.17, 15) is 4.79 Å². The Morgan fingerprint density at radius 1 is 1.40 bits per heavy atom. The van der Waals surface area contributed by atoms with Crippen molar-refractivity contribution in [2.45, 2.75) is 31.2 Å². The van der Waals surface area contributed by atoms with Crippen molar-refractivity contribution in [3.63, 3.8) is 0 Å². The molecule has 1 heterocycles. The Hall–Kier alpha value is -1.00. The van der Waals surface area contributed by atoms with Crippen molar-refractivity contribution in [3.8, 4) is 0 Å². The highest BCUT2D eigenvalue weighted by Crippen LogP contribution is 2.25. The molecule has 1 atom stereocenters. The topological polar surface area (TPSA) is 32.3 Å². The first-order chi connectivity index (χ1) is 9.63. The molecule has 0 aromatic heterocycles. The second-order valence-corrected chi connectivity index (χ2v) is 6.83. The van der Waals surface area contributed by atoms with Gasteiger partial charge in [0, 0.05) is 23.2 Å². The lowest BCUT2D eigenvalue weighted by Crippen LogP contribution is -2.39. The van der Waals surface area contributed by atoms with Crippen molar-refractivity contribution >= 4 is 17.7 Å². The van der Waals surface area contributed by atoms with E-state index in [1.54, 1.807) is 0 Å². The first kappa shape index (κ1) is 15.4. The Morgan fingerprint density at radius 3 is 2.85 bits per heavy atom. The van der Waals surface area contributed by atoms with Gasteiger partial charge in [-0.15, -0.1) is 11.8 Å². The molecule has 2 rings (SSSR count). The summed E-state index contributed by atoms with van der Waals surface area (Å²) in [5.74, 6) is 2.00. The molecule has 4 heteroatoms. The molecule has 0 aliphatic carbocycles. The summed E-state index contributed by atoms with van der Waals surface area (Å²) in [7, 11) is 0. The van der Waals surface area contributed by atoms with Crippen LogP contribution in [0.2, 0.25) is 0 Å². The van der Waals surface area contributed by atoms with E-state index in [0.29, 0.717) is 12.5 Å². The van der Waals surface area contributed by atoms with Gasteiger partial charge in [-0.2, -0.15) is 0 Å². The molecule has 3 nitrogen and oxygen atoms in total. The van der Waals surface area contributed by atoms with Gasteiger partial charge in [0.05, 0.1) is 6.54 Å². The third-order valence-electron chi connectivity index (χ3n) is 3.42. The lowest BCUT2D eigenvalue weighted by atomic mass is 10.2. The van der Waals surface area contributed by atoms with E-state index in [2.05, 4.69) is 40.5 Å². The zero-order chi connectivity index (χ0) is 14.4. The molecule has 1 aliphatic rings. The summed E-state index contributed by atoms with van der Waals surface area (Å²) in [6.07, 6.45) is 1.20. The Balaban J connectivity index is 1.69. The third-order valence-corrected chi connectivity index (χ3v) is 4.66. The average molecular weight is 292 g/mol. The molecule has 0 bridgehead atoms. The summed E-state index contributed by atoms with van der Waals surface area (Å²) in [6, 6.07) is 10.8. The Kier molecular flexibility index (Phi) is 5.92. The lowest BCUT2D eigenvalue weighted by Gasteiger charge is -2.16. The molecule has 1 aromatic rings. The first-order valence-corrected chi connectivity index (χ1v) is 8.31. The highest BCUT2D eigenvalue weighted by atomic mass is 32.2. The van der Waals surface area contributed by atoms with Gasteiger partial charge in [0.15, 0.2) is 0 Å². The van der Waals surface area contributed by atoms with Crippen LogP contribution in [0, 0.1) is 5.92 Å². The van der Waals surface area contributed by atoms with Crippen molar-refractivity contribution < 1.29 is 4.79 Å². The van der Waals surface area contributed by atoms with E-state index in [1.165, 1.54) is 11.3 Å². The molecule has 0 radical (unpaired) electrons. The molecule has 110 valence electrons. The van der Waals surface area contributed by atoms with Crippen LogP contribution in [0.3, 0.4) is 0 Å². The second kappa shape index (κ2) is 7.70. The standard InChI is InChI=1S/C16H24N2OS/c1-13(2)17-16(19)11-18-9-8-14(10-18)12-20-15-6-4-3-5-7-15/h3-7,13-14H,8-12H2,1-2H3,(H,17,19)/t14-/m1/s1. The van der Waals surface area contributed by atoms with E-state index in [-0.39, 0.29) is 11.9 Å². The molecule has 1 saturated heterocycles. The Morgan fingerprint density at radius 2 is 2.15 bits per heavy atom. The van der Waals surface area contributed by atoms with Gasteiger partial charge in [-0.25, -0.2) is 0 Å². The van der Waals surface area contributed by atoms with Crippen LogP contribution in [0.4, 0.5) is 0 Å². The molecule has 1 amide bonds. The largest absolute Gasteiger partial charge is 0.353 e. The minimum Gasteiger partial charge on any atom is -0.353 e. The maximum Gasteiger partial charge on any atom is 0.234 e. The number of amides is 1. The summed E-state index contributed by atoms with van der Waals surface area (Å²) in [5.41, 5.74) is 0. The molecule has 1 aromatic carbocycles. The molecule has 0 unspecified atom stereocenters. The monoisotopic (exact) mass is 292 g/mol. The summed E-state index contributed by atoms with van der Waals surface area (Å²) in [6.45, 7) is 6.64. The quantitative estimate of drug-likeness (QED) is 0.818. The van der Waals surface area contributed by atoms with Crippen LogP contribution in [0.1, 0.15) is 20.3 Å². The number of benzene rings is 1. The zero-order valence-electron chi connectivity index (χ0n) is 12.3. The number of carbonyl (C=O) groups is 1. The lowest BCUT2D eigenvalue weighted by molar-refractivity contribution is -0.122. The first-order valence-electron chi connectivity index (χ1n) is 7.33. The number of thioether (sulfide) groups is 1. The minimum atomic E-state index is 0.149. The number of nitrogens with zero attached hydrogens (tertiary/aromatic N) is 1. The molecule has 1 aliphatic heterocycles. The molecule has 0 saturated carbocycles. The van der Waals surface area contributed by atoms with Crippen LogP contribution < -0.4 is 5.32 Å². The predicted molar refractivity (Wildman–Crippen MR) is 85.0 cm³/mol. The molecule has 20 heavy (non-hydrogen) atoms. The maximum atomic E-state index is 11.7. The summed E-state index contributed by atoms with van der Waals surface area (Å²) >= 11 is 1.92. The second-order valence-electron chi connectivity index (χ2n) is 5.74. The fourth-order valence-corrected chi connectivity index (χ4v) is 3.54. The number of likely N-dealkylation sites (tertiary alicyclic amines) is 1. The Labute approximate surface area is 126 Å². The molecule has 1 N–H and O–H groups in total.